The van der Waals surface area contributed by atoms with Gasteiger partial charge in [-0.3, -0.25) is 4.99 Å². The highest BCUT2D eigenvalue weighted by atomic mass is 16.5. The van der Waals surface area contributed by atoms with Crippen LogP contribution in [0.1, 0.15) is 52.3 Å². The van der Waals surface area contributed by atoms with Crippen molar-refractivity contribution < 1.29 is 4.52 Å². The number of hydrogen-bond acceptors (Lipinski definition) is 4. The van der Waals surface area contributed by atoms with Gasteiger partial charge in [-0.05, 0) is 20.8 Å². The Labute approximate surface area is 108 Å². The molecule has 0 saturated heterocycles. The third kappa shape index (κ3) is 5.16. The number of aromatic nitrogens is 2. The maximum atomic E-state index is 5.75. The van der Waals surface area contributed by atoms with Crippen molar-refractivity contribution in [3.63, 3.8) is 0 Å². The van der Waals surface area contributed by atoms with Crippen LogP contribution in [0.4, 0.5) is 0 Å². The fourth-order valence-electron chi connectivity index (χ4n) is 1.30. The van der Waals surface area contributed by atoms with Gasteiger partial charge in [-0.15, -0.1) is 0 Å². The van der Waals surface area contributed by atoms with Crippen LogP contribution in [-0.4, -0.2) is 28.2 Å². The summed E-state index contributed by atoms with van der Waals surface area (Å²) in [5.74, 6) is 2.05. The van der Waals surface area contributed by atoms with Gasteiger partial charge in [0.15, 0.2) is 11.8 Å². The van der Waals surface area contributed by atoms with Crippen LogP contribution in [0.25, 0.3) is 0 Å². The van der Waals surface area contributed by atoms with Gasteiger partial charge >= 0.3 is 0 Å². The molecule has 3 N–H and O–H groups in total. The maximum absolute atomic E-state index is 5.75. The van der Waals surface area contributed by atoms with Gasteiger partial charge in [0.1, 0.15) is 0 Å². The van der Waals surface area contributed by atoms with Crippen molar-refractivity contribution in [1.82, 2.24) is 15.5 Å². The highest BCUT2D eigenvalue weighted by Crippen LogP contribution is 2.09. The second-order valence-electron chi connectivity index (χ2n) is 5.59. The van der Waals surface area contributed by atoms with E-state index in [9.17, 15) is 0 Å². The van der Waals surface area contributed by atoms with Crippen molar-refractivity contribution in [3.05, 3.63) is 11.7 Å². The van der Waals surface area contributed by atoms with Crippen LogP contribution in [0.3, 0.4) is 0 Å². The number of rotatable bonds is 4. The summed E-state index contributed by atoms with van der Waals surface area (Å²) in [7, 11) is 0. The summed E-state index contributed by atoms with van der Waals surface area (Å²) in [6.45, 7) is 10.7. The first-order chi connectivity index (χ1) is 8.28. The molecule has 102 valence electrons. The van der Waals surface area contributed by atoms with Gasteiger partial charge in [0.2, 0.25) is 5.89 Å². The standard InChI is InChI=1S/C12H23N5O/c1-8(2)10-15-9(18-17-10)6-7-14-11(13)16-12(3,4)5/h8H,6-7H2,1-5H3,(H3,13,14,16). The number of nitrogens with zero attached hydrogens (tertiary/aromatic N) is 3. The van der Waals surface area contributed by atoms with Gasteiger partial charge in [-0.25, -0.2) is 0 Å². The molecule has 18 heavy (non-hydrogen) atoms. The zero-order chi connectivity index (χ0) is 13.8. The van der Waals surface area contributed by atoms with E-state index in [1.54, 1.807) is 0 Å². The molecule has 0 spiro atoms. The average molecular weight is 253 g/mol. The molecular formula is C12H23N5O. The Morgan fingerprint density at radius 2 is 2.11 bits per heavy atom. The summed E-state index contributed by atoms with van der Waals surface area (Å²) in [6.07, 6.45) is 0.603. The van der Waals surface area contributed by atoms with Gasteiger partial charge in [0, 0.05) is 17.9 Å². The van der Waals surface area contributed by atoms with Gasteiger partial charge in [-0.1, -0.05) is 19.0 Å². The molecule has 0 aliphatic heterocycles. The minimum absolute atomic E-state index is 0.0805. The highest BCUT2D eigenvalue weighted by molar-refractivity contribution is 5.78. The zero-order valence-corrected chi connectivity index (χ0v) is 11.8. The molecule has 1 aromatic heterocycles. The van der Waals surface area contributed by atoms with Crippen LogP contribution in [0.15, 0.2) is 9.52 Å². The summed E-state index contributed by atoms with van der Waals surface area (Å²) in [5, 5.41) is 6.98. The van der Waals surface area contributed by atoms with Gasteiger partial charge in [-0.2, -0.15) is 4.98 Å². The van der Waals surface area contributed by atoms with E-state index in [4.69, 9.17) is 10.3 Å². The third-order valence-electron chi connectivity index (χ3n) is 2.11. The van der Waals surface area contributed by atoms with E-state index in [0.29, 0.717) is 24.8 Å². The largest absolute Gasteiger partial charge is 0.370 e. The Morgan fingerprint density at radius 1 is 1.44 bits per heavy atom. The molecule has 0 atom stereocenters. The van der Waals surface area contributed by atoms with E-state index < -0.39 is 0 Å². The van der Waals surface area contributed by atoms with E-state index in [0.717, 1.165) is 5.82 Å². The van der Waals surface area contributed by atoms with E-state index in [1.165, 1.54) is 0 Å². The molecule has 0 aliphatic carbocycles. The number of nitrogens with one attached hydrogen (secondary N) is 1. The normalized spacial score (nSPS) is 13.1. The summed E-state index contributed by atoms with van der Waals surface area (Å²) in [6, 6.07) is 0. The van der Waals surface area contributed by atoms with Crippen molar-refractivity contribution in [2.75, 3.05) is 6.54 Å². The second-order valence-corrected chi connectivity index (χ2v) is 5.59. The lowest BCUT2D eigenvalue weighted by molar-refractivity contribution is 0.372. The number of aliphatic imine (C=N–C) groups is 1. The number of guanidine groups is 1. The van der Waals surface area contributed by atoms with Crippen molar-refractivity contribution >= 4 is 5.96 Å². The van der Waals surface area contributed by atoms with Crippen LogP contribution < -0.4 is 11.1 Å². The quantitative estimate of drug-likeness (QED) is 0.626. The number of hydrogen-bond donors (Lipinski definition) is 2. The maximum Gasteiger partial charge on any atom is 0.228 e. The summed E-state index contributed by atoms with van der Waals surface area (Å²) < 4.78 is 5.12. The van der Waals surface area contributed by atoms with Crippen LogP contribution in [0, 0.1) is 0 Å². The van der Waals surface area contributed by atoms with Crippen molar-refractivity contribution in [2.24, 2.45) is 10.7 Å². The average Bonchev–Trinajstić information content (AvgIpc) is 2.63. The molecule has 0 fully saturated rings. The van der Waals surface area contributed by atoms with Crippen molar-refractivity contribution in [1.29, 1.82) is 0 Å². The van der Waals surface area contributed by atoms with E-state index in [-0.39, 0.29) is 11.5 Å². The molecule has 0 radical (unpaired) electrons. The minimum atomic E-state index is -0.0805. The number of nitrogens with two attached hydrogens (primary N) is 1. The van der Waals surface area contributed by atoms with E-state index in [1.807, 2.05) is 34.6 Å². The first-order valence-electron chi connectivity index (χ1n) is 6.18. The molecule has 0 aromatic carbocycles. The Morgan fingerprint density at radius 3 is 2.61 bits per heavy atom. The van der Waals surface area contributed by atoms with Crippen LogP contribution in [0.2, 0.25) is 0 Å². The second kappa shape index (κ2) is 5.84. The molecule has 1 rings (SSSR count). The molecule has 1 heterocycles. The van der Waals surface area contributed by atoms with E-state index in [2.05, 4.69) is 20.4 Å². The van der Waals surface area contributed by atoms with Crippen LogP contribution >= 0.6 is 0 Å². The van der Waals surface area contributed by atoms with Crippen molar-refractivity contribution in [2.45, 2.75) is 52.5 Å². The molecule has 0 amide bonds. The minimum Gasteiger partial charge on any atom is -0.370 e. The third-order valence-corrected chi connectivity index (χ3v) is 2.11. The molecule has 0 saturated carbocycles. The van der Waals surface area contributed by atoms with Crippen molar-refractivity contribution in [3.8, 4) is 0 Å². The predicted molar refractivity (Wildman–Crippen MR) is 71.5 cm³/mol. The topological polar surface area (TPSA) is 89.3 Å². The summed E-state index contributed by atoms with van der Waals surface area (Å²) in [5.41, 5.74) is 5.67. The van der Waals surface area contributed by atoms with Crippen LogP contribution in [0.5, 0.6) is 0 Å². The Kier molecular flexibility index (Phi) is 4.69. The predicted octanol–water partition coefficient (Wildman–Crippen LogP) is 1.44. The van der Waals surface area contributed by atoms with Gasteiger partial charge in [0.25, 0.3) is 0 Å². The van der Waals surface area contributed by atoms with Gasteiger partial charge in [0.05, 0.1) is 6.54 Å². The Bertz CT molecular complexity index is 403. The lowest BCUT2D eigenvalue weighted by atomic mass is 10.1. The Balaban J connectivity index is 2.43. The summed E-state index contributed by atoms with van der Waals surface area (Å²) in [4.78, 5) is 8.49. The summed E-state index contributed by atoms with van der Waals surface area (Å²) >= 11 is 0. The first kappa shape index (κ1) is 14.5. The highest BCUT2D eigenvalue weighted by Gasteiger charge is 2.11. The fraction of sp³-hybridized carbons (Fsp3) is 0.750. The first-order valence-corrected chi connectivity index (χ1v) is 6.18. The molecule has 0 bridgehead atoms. The molecule has 0 unspecified atom stereocenters. The molecule has 1 aromatic rings. The van der Waals surface area contributed by atoms with Crippen LogP contribution in [-0.2, 0) is 6.42 Å². The zero-order valence-electron chi connectivity index (χ0n) is 11.8. The molecular weight excluding hydrogens is 230 g/mol. The van der Waals surface area contributed by atoms with E-state index >= 15 is 0 Å². The SMILES string of the molecule is CC(C)c1noc(CCN=C(N)NC(C)(C)C)n1. The van der Waals surface area contributed by atoms with Gasteiger partial charge < -0.3 is 15.6 Å². The lowest BCUT2D eigenvalue weighted by Gasteiger charge is -2.20. The Hall–Kier alpha value is -1.59. The lowest BCUT2D eigenvalue weighted by Crippen LogP contribution is -2.45. The monoisotopic (exact) mass is 253 g/mol. The smallest absolute Gasteiger partial charge is 0.228 e. The molecule has 0 aliphatic rings. The molecule has 6 nitrogen and oxygen atoms in total. The fourth-order valence-corrected chi connectivity index (χ4v) is 1.30. The molecule has 6 heteroatoms.